The van der Waals surface area contributed by atoms with E-state index in [2.05, 4.69) is 0 Å². The molecule has 0 radical (unpaired) electrons. The smallest absolute Gasteiger partial charge is 0.203 e. The second-order valence-electron chi connectivity index (χ2n) is 6.26. The zero-order valence-corrected chi connectivity index (χ0v) is 16.4. The minimum absolute atomic E-state index is 0. The molecule has 0 saturated carbocycles. The highest BCUT2D eigenvalue weighted by atomic mass is 79.9. The number of fused-ring (bicyclic) bond motifs is 1. The molecule has 0 aliphatic carbocycles. The van der Waals surface area contributed by atoms with Crippen LogP contribution in [0.2, 0.25) is 0 Å². The number of nitrogens with one attached hydrogen (secondary N) is 1. The van der Waals surface area contributed by atoms with Crippen LogP contribution in [0, 0.1) is 5.41 Å². The molecule has 0 fully saturated rings. The number of rotatable bonds is 5. The second kappa shape index (κ2) is 8.18. The van der Waals surface area contributed by atoms with Crippen LogP contribution in [0.5, 0.6) is 0 Å². The fourth-order valence-electron chi connectivity index (χ4n) is 3.24. The Morgan fingerprint density at radius 2 is 1.26 bits per heavy atom. The van der Waals surface area contributed by atoms with Gasteiger partial charge in [0.2, 0.25) is 5.62 Å². The quantitative estimate of drug-likeness (QED) is 0.476. The van der Waals surface area contributed by atoms with Crippen molar-refractivity contribution in [3.05, 3.63) is 102 Å². The summed E-state index contributed by atoms with van der Waals surface area (Å²) in [5, 5.41) is 8.65. The monoisotopic (exact) mass is 421 g/mol. The summed E-state index contributed by atoms with van der Waals surface area (Å²) in [6.45, 7) is 0.762. The molecule has 4 nitrogen and oxygen atoms in total. The standard InChI is InChI=1S/C22H19N3O.BrH/c23-22-24(15-17-9-3-1-4-10-17)19-13-7-8-14-20(19)25(22)16-21(26)18-11-5-2-6-12-18;/h1-14,23H,15-16H2;1H. The summed E-state index contributed by atoms with van der Waals surface area (Å²) in [6, 6.07) is 27.2. The van der Waals surface area contributed by atoms with E-state index in [1.165, 1.54) is 0 Å². The highest BCUT2D eigenvalue weighted by molar-refractivity contribution is 8.93. The lowest BCUT2D eigenvalue weighted by Gasteiger charge is -2.05. The SMILES string of the molecule is Br.N=c1n(CC(=O)c2ccccc2)c2ccccc2n1Cc1ccccc1. The molecule has 4 aromatic rings. The third-order valence-electron chi connectivity index (χ3n) is 4.56. The van der Waals surface area contributed by atoms with Crippen LogP contribution in [-0.2, 0) is 13.1 Å². The van der Waals surface area contributed by atoms with Gasteiger partial charge < -0.3 is 9.13 Å². The molecule has 0 unspecified atom stereocenters. The van der Waals surface area contributed by atoms with E-state index in [0.29, 0.717) is 17.7 Å². The van der Waals surface area contributed by atoms with Crippen LogP contribution in [0.3, 0.4) is 0 Å². The Morgan fingerprint density at radius 1 is 0.741 bits per heavy atom. The summed E-state index contributed by atoms with van der Waals surface area (Å²) in [4.78, 5) is 12.7. The lowest BCUT2D eigenvalue weighted by Crippen LogP contribution is -2.27. The van der Waals surface area contributed by atoms with Crippen LogP contribution in [-0.4, -0.2) is 14.9 Å². The number of hydrogen-bond acceptors (Lipinski definition) is 2. The molecule has 0 spiro atoms. The fourth-order valence-corrected chi connectivity index (χ4v) is 3.24. The van der Waals surface area contributed by atoms with Gasteiger partial charge in [-0.1, -0.05) is 72.8 Å². The van der Waals surface area contributed by atoms with Gasteiger partial charge in [0.05, 0.1) is 24.1 Å². The molecule has 0 saturated heterocycles. The van der Waals surface area contributed by atoms with E-state index in [1.54, 1.807) is 4.57 Å². The van der Waals surface area contributed by atoms with E-state index >= 15 is 0 Å². The number of carbonyl (C=O) groups excluding carboxylic acids is 1. The van der Waals surface area contributed by atoms with Crippen molar-refractivity contribution in [2.45, 2.75) is 13.1 Å². The molecule has 27 heavy (non-hydrogen) atoms. The summed E-state index contributed by atoms with van der Waals surface area (Å²) >= 11 is 0. The van der Waals surface area contributed by atoms with Crippen molar-refractivity contribution < 1.29 is 4.79 Å². The lowest BCUT2D eigenvalue weighted by atomic mass is 10.1. The van der Waals surface area contributed by atoms with E-state index in [1.807, 2.05) is 89.5 Å². The van der Waals surface area contributed by atoms with Crippen molar-refractivity contribution in [1.82, 2.24) is 9.13 Å². The van der Waals surface area contributed by atoms with Gasteiger partial charge in [0.15, 0.2) is 5.78 Å². The lowest BCUT2D eigenvalue weighted by molar-refractivity contribution is 0.0971. The molecular weight excluding hydrogens is 402 g/mol. The van der Waals surface area contributed by atoms with Gasteiger partial charge in [-0.3, -0.25) is 10.2 Å². The van der Waals surface area contributed by atoms with E-state index in [0.717, 1.165) is 16.6 Å². The number of ketones is 1. The Labute approximate surface area is 168 Å². The molecule has 0 amide bonds. The van der Waals surface area contributed by atoms with E-state index < -0.39 is 0 Å². The highest BCUT2D eigenvalue weighted by Crippen LogP contribution is 2.15. The number of para-hydroxylation sites is 2. The number of halogens is 1. The molecule has 136 valence electrons. The highest BCUT2D eigenvalue weighted by Gasteiger charge is 2.14. The molecule has 3 aromatic carbocycles. The van der Waals surface area contributed by atoms with Crippen LogP contribution in [0.25, 0.3) is 11.0 Å². The predicted molar refractivity (Wildman–Crippen MR) is 112 cm³/mol. The van der Waals surface area contributed by atoms with Gasteiger partial charge in [0.1, 0.15) is 0 Å². The van der Waals surface area contributed by atoms with Crippen LogP contribution in [0.1, 0.15) is 15.9 Å². The van der Waals surface area contributed by atoms with Gasteiger partial charge in [-0.05, 0) is 17.7 Å². The Bertz CT molecular complexity index is 1110. The summed E-state index contributed by atoms with van der Waals surface area (Å²) < 4.78 is 3.73. The number of carbonyl (C=O) groups is 1. The molecule has 0 atom stereocenters. The van der Waals surface area contributed by atoms with Crippen molar-refractivity contribution in [1.29, 1.82) is 5.41 Å². The predicted octanol–water partition coefficient (Wildman–Crippen LogP) is 4.43. The van der Waals surface area contributed by atoms with E-state index in [-0.39, 0.29) is 29.3 Å². The zero-order valence-electron chi connectivity index (χ0n) is 14.7. The number of imidazole rings is 1. The number of hydrogen-bond donors (Lipinski definition) is 1. The van der Waals surface area contributed by atoms with Crippen LogP contribution < -0.4 is 5.62 Å². The molecule has 1 heterocycles. The van der Waals surface area contributed by atoms with Gasteiger partial charge in [-0.2, -0.15) is 0 Å². The van der Waals surface area contributed by atoms with Crippen molar-refractivity contribution in [3.8, 4) is 0 Å². The maximum Gasteiger partial charge on any atom is 0.203 e. The second-order valence-corrected chi connectivity index (χ2v) is 6.26. The van der Waals surface area contributed by atoms with Crippen LogP contribution in [0.4, 0.5) is 0 Å². The van der Waals surface area contributed by atoms with Gasteiger partial charge in [0, 0.05) is 5.56 Å². The largest absolute Gasteiger partial charge is 0.306 e. The first-order valence-corrected chi connectivity index (χ1v) is 8.59. The number of benzene rings is 3. The zero-order chi connectivity index (χ0) is 17.9. The van der Waals surface area contributed by atoms with Gasteiger partial charge in [0.25, 0.3) is 0 Å². The van der Waals surface area contributed by atoms with Crippen molar-refractivity contribution >= 4 is 33.8 Å². The normalized spacial score (nSPS) is 10.5. The van der Waals surface area contributed by atoms with E-state index in [9.17, 15) is 4.79 Å². The molecule has 5 heteroatoms. The average molecular weight is 422 g/mol. The van der Waals surface area contributed by atoms with Gasteiger partial charge in [-0.25, -0.2) is 0 Å². The van der Waals surface area contributed by atoms with Crippen LogP contribution in [0.15, 0.2) is 84.9 Å². The number of aromatic nitrogens is 2. The summed E-state index contributed by atoms with van der Waals surface area (Å²) in [5.41, 5.74) is 3.99. The summed E-state index contributed by atoms with van der Waals surface area (Å²) in [7, 11) is 0. The molecule has 4 rings (SSSR count). The van der Waals surface area contributed by atoms with Crippen molar-refractivity contribution in [2.24, 2.45) is 0 Å². The Balaban J connectivity index is 0.00000210. The number of Topliss-reactive ketones (excluding diaryl/α,β-unsaturated/α-hetero) is 1. The van der Waals surface area contributed by atoms with E-state index in [4.69, 9.17) is 5.41 Å². The Morgan fingerprint density at radius 3 is 1.89 bits per heavy atom. The maximum absolute atomic E-state index is 12.7. The Hall–Kier alpha value is -2.92. The average Bonchev–Trinajstić information content (AvgIpc) is 2.95. The van der Waals surface area contributed by atoms with Crippen molar-refractivity contribution in [3.63, 3.8) is 0 Å². The first-order chi connectivity index (χ1) is 12.7. The third kappa shape index (κ3) is 3.78. The summed E-state index contributed by atoms with van der Waals surface area (Å²) in [5.74, 6) is 0.00622. The molecule has 0 bridgehead atoms. The minimum Gasteiger partial charge on any atom is -0.306 e. The van der Waals surface area contributed by atoms with Gasteiger partial charge >= 0.3 is 0 Å². The minimum atomic E-state index is 0. The molecule has 0 aliphatic heterocycles. The molecule has 0 aliphatic rings. The first-order valence-electron chi connectivity index (χ1n) is 8.59. The molecule has 1 aromatic heterocycles. The number of nitrogens with zero attached hydrogens (tertiary/aromatic N) is 2. The first kappa shape index (κ1) is 18.9. The molecular formula is C22H20BrN3O. The van der Waals surface area contributed by atoms with Crippen molar-refractivity contribution in [2.75, 3.05) is 0 Å². The third-order valence-corrected chi connectivity index (χ3v) is 4.56. The van der Waals surface area contributed by atoms with Gasteiger partial charge in [-0.15, -0.1) is 17.0 Å². The maximum atomic E-state index is 12.7. The topological polar surface area (TPSA) is 50.8 Å². The molecule has 1 N–H and O–H groups in total. The van der Waals surface area contributed by atoms with Crippen LogP contribution >= 0.6 is 17.0 Å². The fraction of sp³-hybridized carbons (Fsp3) is 0.0909. The Kier molecular flexibility index (Phi) is 5.72. The summed E-state index contributed by atoms with van der Waals surface area (Å²) in [6.07, 6.45) is 0.